The number of imide groups is 1. The number of benzene rings is 1. The molecular weight excluding hydrogens is 450 g/mol. The van der Waals surface area contributed by atoms with Crippen molar-refractivity contribution in [1.82, 2.24) is 19.4 Å². The number of fused-ring (bicyclic) bond motifs is 1. The zero-order chi connectivity index (χ0) is 22.6. The highest BCUT2D eigenvalue weighted by Crippen LogP contribution is 2.34. The highest BCUT2D eigenvalue weighted by Gasteiger charge is 2.46. The molecule has 3 heterocycles. The number of hydrogen-bond donors (Lipinski definition) is 0. The number of hydrogen-bond acceptors (Lipinski definition) is 8. The smallest absolute Gasteiger partial charge is 0.314 e. The third kappa shape index (κ3) is 3.49. The number of alkyl halides is 2. The molecule has 3 aliphatic rings. The third-order valence-electron chi connectivity index (χ3n) is 5.68. The van der Waals surface area contributed by atoms with E-state index in [9.17, 15) is 26.8 Å². The Morgan fingerprint density at radius 3 is 2.56 bits per heavy atom. The fourth-order valence-electron chi connectivity index (χ4n) is 3.92. The Balaban J connectivity index is 1.39. The maximum atomic E-state index is 13.0. The minimum Gasteiger partial charge on any atom is -0.415 e. The first kappa shape index (κ1) is 21.1. The molecule has 0 spiro atoms. The van der Waals surface area contributed by atoms with Crippen LogP contribution in [-0.4, -0.2) is 77.2 Å². The first-order chi connectivity index (χ1) is 15.3. The average molecular weight is 468 g/mol. The van der Waals surface area contributed by atoms with Crippen molar-refractivity contribution < 1.29 is 35.9 Å². The summed E-state index contributed by atoms with van der Waals surface area (Å²) in [5.74, 6) is -2.23. The van der Waals surface area contributed by atoms with Gasteiger partial charge in [-0.15, -0.1) is 10.2 Å². The van der Waals surface area contributed by atoms with E-state index in [2.05, 4.69) is 10.2 Å². The molecule has 0 radical (unpaired) electrons. The molecule has 5 rings (SSSR count). The number of halogens is 2. The van der Waals surface area contributed by atoms with Gasteiger partial charge in [0.25, 0.3) is 17.7 Å². The van der Waals surface area contributed by atoms with E-state index < -0.39 is 45.4 Å². The van der Waals surface area contributed by atoms with Gasteiger partial charge in [0, 0.05) is 18.7 Å². The van der Waals surface area contributed by atoms with Crippen LogP contribution in [-0.2, 0) is 14.8 Å². The zero-order valence-electron chi connectivity index (χ0n) is 16.6. The summed E-state index contributed by atoms with van der Waals surface area (Å²) in [4.78, 5) is 26.8. The van der Waals surface area contributed by atoms with Crippen molar-refractivity contribution in [1.29, 1.82) is 0 Å². The molecule has 0 unspecified atom stereocenters. The van der Waals surface area contributed by atoms with E-state index >= 15 is 0 Å². The highest BCUT2D eigenvalue weighted by atomic mass is 32.2. The number of aromatic nitrogens is 2. The lowest BCUT2D eigenvalue weighted by molar-refractivity contribution is 0.0189. The van der Waals surface area contributed by atoms with Gasteiger partial charge in [-0.1, -0.05) is 0 Å². The zero-order valence-corrected chi connectivity index (χ0v) is 17.4. The van der Waals surface area contributed by atoms with Crippen molar-refractivity contribution >= 4 is 21.8 Å². The molecule has 1 aliphatic carbocycles. The van der Waals surface area contributed by atoms with E-state index in [1.807, 2.05) is 0 Å². The van der Waals surface area contributed by atoms with Gasteiger partial charge in [-0.05, 0) is 31.0 Å². The van der Waals surface area contributed by atoms with Crippen LogP contribution in [0, 0.1) is 0 Å². The number of morpholine rings is 1. The highest BCUT2D eigenvalue weighted by molar-refractivity contribution is 7.90. The SMILES string of the molecule is O=C1c2ccc(-c3nnc(C(F)F)o3)cc2C(=O)N1C[C@H]1COCCN1S(=O)(=O)C1CC1. The van der Waals surface area contributed by atoms with Gasteiger partial charge in [0.2, 0.25) is 15.9 Å². The summed E-state index contributed by atoms with van der Waals surface area (Å²) >= 11 is 0. The number of ether oxygens (including phenoxy) is 1. The standard InChI is InChI=1S/C19H18F2N4O6S/c20-15(21)17-23-22-16(31-17)10-1-4-13-14(7-10)19(27)24(18(13)26)8-11-9-30-6-5-25(11)32(28,29)12-2-3-12/h1,4,7,11-12,15H,2-3,5-6,8-9H2/t11-/m0/s1. The third-order valence-corrected chi connectivity index (χ3v) is 8.13. The van der Waals surface area contributed by atoms with Gasteiger partial charge in [0.05, 0.1) is 35.6 Å². The molecule has 1 aromatic heterocycles. The Kier molecular flexibility index (Phi) is 5.06. The molecule has 0 N–H and O–H groups in total. The summed E-state index contributed by atoms with van der Waals surface area (Å²) < 4.78 is 62.6. The van der Waals surface area contributed by atoms with Crippen molar-refractivity contribution in [3.63, 3.8) is 0 Å². The lowest BCUT2D eigenvalue weighted by Gasteiger charge is -2.36. The van der Waals surface area contributed by atoms with Crippen LogP contribution in [0.1, 0.15) is 45.9 Å². The molecule has 13 heteroatoms. The molecule has 2 aromatic rings. The molecule has 2 amide bonds. The van der Waals surface area contributed by atoms with Gasteiger partial charge in [-0.2, -0.15) is 13.1 Å². The van der Waals surface area contributed by atoms with Crippen molar-refractivity contribution in [3.8, 4) is 11.5 Å². The lowest BCUT2D eigenvalue weighted by Crippen LogP contribution is -2.55. The van der Waals surface area contributed by atoms with Crippen LogP contribution in [0.25, 0.3) is 11.5 Å². The fraction of sp³-hybridized carbons (Fsp3) is 0.474. The van der Waals surface area contributed by atoms with Crippen LogP contribution >= 0.6 is 0 Å². The van der Waals surface area contributed by atoms with Gasteiger partial charge >= 0.3 is 6.43 Å². The molecule has 1 aromatic carbocycles. The molecule has 170 valence electrons. The molecule has 0 bridgehead atoms. The Bertz CT molecular complexity index is 1200. The van der Waals surface area contributed by atoms with E-state index in [1.165, 1.54) is 22.5 Å². The predicted octanol–water partition coefficient (Wildman–Crippen LogP) is 1.46. The first-order valence-electron chi connectivity index (χ1n) is 9.98. The molecule has 1 saturated heterocycles. The Morgan fingerprint density at radius 2 is 1.88 bits per heavy atom. The molecule has 32 heavy (non-hydrogen) atoms. The monoisotopic (exact) mass is 468 g/mol. The largest absolute Gasteiger partial charge is 0.415 e. The Labute approximate surface area is 181 Å². The van der Waals surface area contributed by atoms with E-state index in [0.29, 0.717) is 12.8 Å². The number of sulfonamides is 1. The number of amides is 2. The van der Waals surface area contributed by atoms with Crippen LogP contribution in [0.3, 0.4) is 0 Å². The number of carbonyl (C=O) groups excluding carboxylic acids is 2. The topological polar surface area (TPSA) is 123 Å². The maximum Gasteiger partial charge on any atom is 0.314 e. The van der Waals surface area contributed by atoms with E-state index in [1.54, 1.807) is 0 Å². The summed E-state index contributed by atoms with van der Waals surface area (Å²) in [6, 6.07) is 3.45. The van der Waals surface area contributed by atoms with Crippen molar-refractivity contribution in [2.75, 3.05) is 26.3 Å². The molecular formula is C19H18F2N4O6S. The predicted molar refractivity (Wildman–Crippen MR) is 103 cm³/mol. The van der Waals surface area contributed by atoms with Gasteiger partial charge in [-0.3, -0.25) is 14.5 Å². The normalized spacial score (nSPS) is 22.1. The van der Waals surface area contributed by atoms with Crippen LogP contribution < -0.4 is 0 Å². The van der Waals surface area contributed by atoms with Gasteiger partial charge in [0.15, 0.2) is 0 Å². The molecule has 2 fully saturated rings. The lowest BCUT2D eigenvalue weighted by atomic mass is 10.1. The van der Waals surface area contributed by atoms with Crippen molar-refractivity contribution in [3.05, 3.63) is 35.2 Å². The van der Waals surface area contributed by atoms with E-state index in [-0.39, 0.29) is 48.9 Å². The van der Waals surface area contributed by atoms with E-state index in [0.717, 1.165) is 4.90 Å². The molecule has 2 aliphatic heterocycles. The number of nitrogens with zero attached hydrogens (tertiary/aromatic N) is 4. The second-order valence-corrected chi connectivity index (χ2v) is 9.98. The molecule has 10 nitrogen and oxygen atoms in total. The van der Waals surface area contributed by atoms with Crippen LogP contribution in [0.4, 0.5) is 8.78 Å². The molecule has 1 atom stereocenters. The fourth-order valence-corrected chi connectivity index (χ4v) is 5.90. The van der Waals surface area contributed by atoms with Crippen molar-refractivity contribution in [2.45, 2.75) is 30.6 Å². The van der Waals surface area contributed by atoms with E-state index in [4.69, 9.17) is 9.15 Å². The Hall–Kier alpha value is -2.77. The van der Waals surface area contributed by atoms with Crippen LogP contribution in [0.5, 0.6) is 0 Å². The quantitative estimate of drug-likeness (QED) is 0.584. The Morgan fingerprint density at radius 1 is 1.12 bits per heavy atom. The van der Waals surface area contributed by atoms with Crippen LogP contribution in [0.2, 0.25) is 0 Å². The first-order valence-corrected chi connectivity index (χ1v) is 11.5. The maximum absolute atomic E-state index is 13.0. The van der Waals surface area contributed by atoms with Crippen LogP contribution in [0.15, 0.2) is 22.6 Å². The molecule has 1 saturated carbocycles. The second-order valence-electron chi connectivity index (χ2n) is 7.81. The summed E-state index contributed by atoms with van der Waals surface area (Å²) in [7, 11) is -3.51. The summed E-state index contributed by atoms with van der Waals surface area (Å²) in [6.07, 6.45) is -1.73. The van der Waals surface area contributed by atoms with Gasteiger partial charge < -0.3 is 9.15 Å². The summed E-state index contributed by atoms with van der Waals surface area (Å²) in [5.41, 5.74) is 0.392. The van der Waals surface area contributed by atoms with Crippen molar-refractivity contribution in [2.24, 2.45) is 0 Å². The van der Waals surface area contributed by atoms with Gasteiger partial charge in [-0.25, -0.2) is 8.42 Å². The number of carbonyl (C=O) groups is 2. The van der Waals surface area contributed by atoms with Gasteiger partial charge in [0.1, 0.15) is 0 Å². The second kappa shape index (κ2) is 7.67. The number of rotatable bonds is 6. The summed E-state index contributed by atoms with van der Waals surface area (Å²) in [5, 5.41) is 6.39. The minimum absolute atomic E-state index is 0.0534. The summed E-state index contributed by atoms with van der Waals surface area (Å²) in [6.45, 7) is 0.339. The average Bonchev–Trinajstić information content (AvgIpc) is 3.48. The minimum atomic E-state index is -3.51.